The van der Waals surface area contributed by atoms with E-state index in [4.69, 9.17) is 0 Å². The average molecular weight is 186 g/mol. The molecule has 1 aromatic carbocycles. The second kappa shape index (κ2) is 2.71. The summed E-state index contributed by atoms with van der Waals surface area (Å²) >= 11 is 0. The van der Waals surface area contributed by atoms with Crippen molar-refractivity contribution in [2.24, 2.45) is 0 Å². The highest BCUT2D eigenvalue weighted by Gasteiger charge is 2.43. The Labute approximate surface area is 84.1 Å². The zero-order valence-electron chi connectivity index (χ0n) is 8.11. The summed E-state index contributed by atoms with van der Waals surface area (Å²) in [6.07, 6.45) is 7.37. The van der Waals surface area contributed by atoms with Gasteiger partial charge in [-0.05, 0) is 30.4 Å². The van der Waals surface area contributed by atoms with E-state index in [9.17, 15) is 5.11 Å². The van der Waals surface area contributed by atoms with Gasteiger partial charge in [0.2, 0.25) is 0 Å². The molecular weight excluding hydrogens is 172 g/mol. The summed E-state index contributed by atoms with van der Waals surface area (Å²) in [6.45, 7) is 0. The molecule has 0 radical (unpaired) electrons. The molecule has 1 heteroatoms. The smallest absolute Gasteiger partial charge is 0.0750 e. The Hall–Kier alpha value is -1.08. The fraction of sp³-hybridized carbons (Fsp3) is 0.385. The van der Waals surface area contributed by atoms with Gasteiger partial charge in [-0.3, -0.25) is 0 Å². The molecule has 2 aliphatic rings. The highest BCUT2D eigenvalue weighted by molar-refractivity contribution is 5.63. The minimum absolute atomic E-state index is 0.243. The Bertz CT molecular complexity index is 388. The quantitative estimate of drug-likeness (QED) is 0.715. The van der Waals surface area contributed by atoms with Gasteiger partial charge in [0.05, 0.1) is 5.60 Å². The summed E-state index contributed by atoms with van der Waals surface area (Å²) in [5.41, 5.74) is 2.14. The first-order chi connectivity index (χ1) is 6.80. The monoisotopic (exact) mass is 186 g/mol. The lowest BCUT2D eigenvalue weighted by atomic mass is 9.69. The molecule has 72 valence electrons. The van der Waals surface area contributed by atoms with Crippen molar-refractivity contribution >= 4 is 6.08 Å². The molecule has 1 aromatic rings. The van der Waals surface area contributed by atoms with E-state index in [0.29, 0.717) is 0 Å². The average Bonchev–Trinajstić information content (AvgIpc) is 2.58. The van der Waals surface area contributed by atoms with Gasteiger partial charge in [0.1, 0.15) is 0 Å². The molecule has 2 aliphatic carbocycles. The van der Waals surface area contributed by atoms with Gasteiger partial charge >= 0.3 is 0 Å². The van der Waals surface area contributed by atoms with Crippen LogP contribution in [0.25, 0.3) is 6.08 Å². The van der Waals surface area contributed by atoms with Gasteiger partial charge in [-0.25, -0.2) is 0 Å². The lowest BCUT2D eigenvalue weighted by Crippen LogP contribution is -2.41. The van der Waals surface area contributed by atoms with Crippen molar-refractivity contribution in [3.05, 3.63) is 41.5 Å². The number of rotatable bonds is 1. The first-order valence-electron chi connectivity index (χ1n) is 5.29. The van der Waals surface area contributed by atoms with E-state index >= 15 is 0 Å². The maximum atomic E-state index is 10.3. The van der Waals surface area contributed by atoms with Gasteiger partial charge in [-0.2, -0.15) is 0 Å². The summed E-state index contributed by atoms with van der Waals surface area (Å²) in [4.78, 5) is 0. The standard InChI is InChI=1S/C13H14O/c14-13(8-3-9-13)12-7-6-10-4-1-2-5-11(10)12/h1-2,4-7,12,14H,3,8-9H2. The second-order valence-electron chi connectivity index (χ2n) is 4.42. The molecule has 0 bridgehead atoms. The van der Waals surface area contributed by atoms with E-state index in [0.717, 1.165) is 12.8 Å². The topological polar surface area (TPSA) is 20.2 Å². The number of benzene rings is 1. The predicted octanol–water partition coefficient (Wildman–Crippen LogP) is 2.71. The minimum atomic E-state index is -0.441. The van der Waals surface area contributed by atoms with Crippen LogP contribution in [0.1, 0.15) is 36.3 Å². The Kier molecular flexibility index (Phi) is 1.59. The molecule has 1 atom stereocenters. The summed E-state index contributed by atoms with van der Waals surface area (Å²) in [5.74, 6) is 0.243. The fourth-order valence-corrected chi connectivity index (χ4v) is 2.57. The maximum absolute atomic E-state index is 10.3. The van der Waals surface area contributed by atoms with Gasteiger partial charge in [0.25, 0.3) is 0 Å². The van der Waals surface area contributed by atoms with Gasteiger partial charge in [0.15, 0.2) is 0 Å². The number of hydrogen-bond acceptors (Lipinski definition) is 1. The van der Waals surface area contributed by atoms with Gasteiger partial charge < -0.3 is 5.11 Å². The van der Waals surface area contributed by atoms with Crippen LogP contribution in [-0.4, -0.2) is 10.7 Å². The highest BCUT2D eigenvalue weighted by atomic mass is 16.3. The van der Waals surface area contributed by atoms with Crippen molar-refractivity contribution < 1.29 is 5.11 Å². The Morgan fingerprint density at radius 3 is 2.71 bits per heavy atom. The Balaban J connectivity index is 2.02. The lowest BCUT2D eigenvalue weighted by Gasteiger charge is -2.41. The van der Waals surface area contributed by atoms with E-state index in [1.807, 2.05) is 0 Å². The molecule has 0 aromatic heterocycles. The molecular formula is C13H14O. The van der Waals surface area contributed by atoms with E-state index in [-0.39, 0.29) is 5.92 Å². The molecule has 3 rings (SSSR count). The zero-order valence-corrected chi connectivity index (χ0v) is 8.11. The van der Waals surface area contributed by atoms with Gasteiger partial charge in [-0.1, -0.05) is 36.4 Å². The Morgan fingerprint density at radius 1 is 1.21 bits per heavy atom. The van der Waals surface area contributed by atoms with Crippen molar-refractivity contribution in [2.45, 2.75) is 30.8 Å². The Morgan fingerprint density at radius 2 is 2.00 bits per heavy atom. The molecule has 1 fully saturated rings. The fourth-order valence-electron chi connectivity index (χ4n) is 2.57. The van der Waals surface area contributed by atoms with Crippen LogP contribution in [-0.2, 0) is 0 Å². The molecule has 14 heavy (non-hydrogen) atoms. The van der Waals surface area contributed by atoms with Crippen LogP contribution in [0.2, 0.25) is 0 Å². The van der Waals surface area contributed by atoms with Gasteiger partial charge in [-0.15, -0.1) is 0 Å². The molecule has 0 aliphatic heterocycles. The van der Waals surface area contributed by atoms with Gasteiger partial charge in [0, 0.05) is 5.92 Å². The zero-order chi connectivity index (χ0) is 9.60. The van der Waals surface area contributed by atoms with E-state index in [1.165, 1.54) is 17.5 Å². The minimum Gasteiger partial charge on any atom is -0.389 e. The van der Waals surface area contributed by atoms with E-state index < -0.39 is 5.60 Å². The number of aliphatic hydroxyl groups is 1. The summed E-state index contributed by atoms with van der Waals surface area (Å²) < 4.78 is 0. The first-order valence-corrected chi connectivity index (χ1v) is 5.29. The van der Waals surface area contributed by atoms with E-state index in [1.54, 1.807) is 0 Å². The van der Waals surface area contributed by atoms with E-state index in [2.05, 4.69) is 36.4 Å². The van der Waals surface area contributed by atoms with Crippen molar-refractivity contribution in [2.75, 3.05) is 0 Å². The SMILES string of the molecule is OC1(C2C=Cc3ccccc32)CCC1. The van der Waals surface area contributed by atoms with Crippen molar-refractivity contribution in [3.63, 3.8) is 0 Å². The molecule has 1 unspecified atom stereocenters. The molecule has 1 nitrogen and oxygen atoms in total. The maximum Gasteiger partial charge on any atom is 0.0750 e. The van der Waals surface area contributed by atoms with Crippen LogP contribution >= 0.6 is 0 Å². The van der Waals surface area contributed by atoms with Crippen molar-refractivity contribution in [1.82, 2.24) is 0 Å². The van der Waals surface area contributed by atoms with Crippen molar-refractivity contribution in [3.8, 4) is 0 Å². The third kappa shape index (κ3) is 0.992. The summed E-state index contributed by atoms with van der Waals surface area (Å²) in [5, 5.41) is 10.3. The molecule has 0 heterocycles. The van der Waals surface area contributed by atoms with Crippen LogP contribution in [0.4, 0.5) is 0 Å². The second-order valence-corrected chi connectivity index (χ2v) is 4.42. The van der Waals surface area contributed by atoms with Crippen LogP contribution in [0.5, 0.6) is 0 Å². The number of fused-ring (bicyclic) bond motifs is 1. The van der Waals surface area contributed by atoms with Crippen LogP contribution in [0.15, 0.2) is 30.3 Å². The first kappa shape index (κ1) is 8.25. The largest absolute Gasteiger partial charge is 0.389 e. The van der Waals surface area contributed by atoms with Crippen molar-refractivity contribution in [1.29, 1.82) is 0 Å². The molecule has 1 saturated carbocycles. The highest BCUT2D eigenvalue weighted by Crippen LogP contribution is 2.47. The van der Waals surface area contributed by atoms with Crippen LogP contribution < -0.4 is 0 Å². The number of hydrogen-bond donors (Lipinski definition) is 1. The molecule has 0 saturated heterocycles. The normalized spacial score (nSPS) is 27.1. The third-order valence-electron chi connectivity index (χ3n) is 3.60. The summed E-state index contributed by atoms with van der Waals surface area (Å²) in [7, 11) is 0. The summed E-state index contributed by atoms with van der Waals surface area (Å²) in [6, 6.07) is 8.36. The van der Waals surface area contributed by atoms with Crippen LogP contribution in [0, 0.1) is 0 Å². The third-order valence-corrected chi connectivity index (χ3v) is 3.60. The van der Waals surface area contributed by atoms with Crippen LogP contribution in [0.3, 0.4) is 0 Å². The molecule has 0 spiro atoms. The predicted molar refractivity (Wildman–Crippen MR) is 57.0 cm³/mol. The lowest BCUT2D eigenvalue weighted by molar-refractivity contribution is -0.0446. The molecule has 0 amide bonds. The molecule has 1 N–H and O–H groups in total.